The summed E-state index contributed by atoms with van der Waals surface area (Å²) < 4.78 is 34.9. The monoisotopic (exact) mass is 718 g/mol. The van der Waals surface area contributed by atoms with Gasteiger partial charge in [-0.15, -0.1) is 0 Å². The predicted molar refractivity (Wildman–Crippen MR) is 192 cm³/mol. The molecule has 13 heteroatoms. The molecule has 0 heterocycles. The van der Waals surface area contributed by atoms with Gasteiger partial charge < -0.3 is 15.0 Å². The van der Waals surface area contributed by atoms with Crippen LogP contribution in [0.1, 0.15) is 42.4 Å². The van der Waals surface area contributed by atoms with E-state index in [0.29, 0.717) is 16.3 Å². The number of hydrogen-bond donors (Lipinski definition) is 1. The summed E-state index contributed by atoms with van der Waals surface area (Å²) in [6.07, 6.45) is 3.82. The van der Waals surface area contributed by atoms with Crippen LogP contribution in [0.15, 0.2) is 102 Å². The van der Waals surface area contributed by atoms with Crippen molar-refractivity contribution < 1.29 is 27.7 Å². The topological polar surface area (TPSA) is 139 Å². The number of carbonyl (C=O) groups is 2. The van der Waals surface area contributed by atoms with Crippen molar-refractivity contribution in [3.8, 4) is 5.75 Å². The first-order valence-corrected chi connectivity index (χ1v) is 18.1. The second-order valence-corrected chi connectivity index (χ2v) is 14.6. The minimum atomic E-state index is -4.56. The van der Waals surface area contributed by atoms with Crippen LogP contribution >= 0.6 is 11.6 Å². The number of benzene rings is 4. The van der Waals surface area contributed by atoms with E-state index < -0.39 is 33.4 Å². The molecular weight excluding hydrogens is 680 g/mol. The van der Waals surface area contributed by atoms with Crippen LogP contribution in [-0.4, -0.2) is 55.8 Å². The van der Waals surface area contributed by atoms with Crippen LogP contribution in [0.4, 0.5) is 11.4 Å². The number of anilines is 1. The van der Waals surface area contributed by atoms with Crippen molar-refractivity contribution in [2.75, 3.05) is 18.0 Å². The van der Waals surface area contributed by atoms with Crippen LogP contribution in [0.2, 0.25) is 5.02 Å². The molecule has 2 amide bonds. The van der Waals surface area contributed by atoms with Crippen molar-refractivity contribution in [3.05, 3.63) is 129 Å². The molecule has 262 valence electrons. The van der Waals surface area contributed by atoms with Gasteiger partial charge in [-0.2, -0.15) is 0 Å². The van der Waals surface area contributed by atoms with Crippen LogP contribution in [0.5, 0.6) is 5.75 Å². The van der Waals surface area contributed by atoms with Crippen LogP contribution < -0.4 is 14.4 Å². The Morgan fingerprint density at radius 3 is 2.28 bits per heavy atom. The number of hydrogen-bond acceptors (Lipinski definition) is 7. The molecule has 1 fully saturated rings. The van der Waals surface area contributed by atoms with Crippen molar-refractivity contribution in [1.82, 2.24) is 10.2 Å². The number of carbonyl (C=O) groups excluding carboxylic acids is 2. The molecule has 1 N–H and O–H groups in total. The molecular formula is C37H39ClN4O7S. The van der Waals surface area contributed by atoms with Crippen LogP contribution in [0, 0.1) is 17.0 Å². The van der Waals surface area contributed by atoms with Crippen molar-refractivity contribution in [3.63, 3.8) is 0 Å². The van der Waals surface area contributed by atoms with Crippen LogP contribution in [-0.2, 0) is 32.6 Å². The van der Waals surface area contributed by atoms with Gasteiger partial charge in [0.25, 0.3) is 15.7 Å². The van der Waals surface area contributed by atoms with E-state index in [1.807, 2.05) is 30.3 Å². The molecule has 50 heavy (non-hydrogen) atoms. The Morgan fingerprint density at radius 2 is 1.64 bits per heavy atom. The molecule has 0 spiro atoms. The molecule has 4 aromatic carbocycles. The zero-order valence-electron chi connectivity index (χ0n) is 27.8. The van der Waals surface area contributed by atoms with E-state index in [4.69, 9.17) is 16.3 Å². The first-order chi connectivity index (χ1) is 24.0. The van der Waals surface area contributed by atoms with Crippen LogP contribution in [0.25, 0.3) is 0 Å². The SMILES string of the molecule is COc1ccc(N(CC(=O)N(Cc2cccc(Cl)c2)[C@H](Cc2ccccc2)C(=O)NC2CCCC2)S(=O)(=O)c2ccc(C)c([N+](=O)[O-])c2)cc1. The van der Waals surface area contributed by atoms with Crippen molar-refractivity contribution in [1.29, 1.82) is 0 Å². The number of halogens is 1. The highest BCUT2D eigenvalue weighted by Crippen LogP contribution is 2.30. The fourth-order valence-corrected chi connectivity index (χ4v) is 7.75. The van der Waals surface area contributed by atoms with Gasteiger partial charge >= 0.3 is 0 Å². The molecule has 1 saturated carbocycles. The third kappa shape index (κ3) is 8.80. The summed E-state index contributed by atoms with van der Waals surface area (Å²) in [6, 6.07) is 24.9. The van der Waals surface area contributed by atoms with Gasteiger partial charge in [-0.05, 0) is 73.4 Å². The number of nitro benzene ring substituents is 1. The number of rotatable bonds is 14. The number of methoxy groups -OCH3 is 1. The normalized spacial score (nSPS) is 13.7. The van der Waals surface area contributed by atoms with E-state index in [1.54, 1.807) is 36.4 Å². The Balaban J connectivity index is 1.59. The molecule has 0 radical (unpaired) electrons. The van der Waals surface area contributed by atoms with Crippen molar-refractivity contribution in [2.45, 2.75) is 62.6 Å². The summed E-state index contributed by atoms with van der Waals surface area (Å²) in [5, 5.41) is 15.3. The molecule has 1 aliphatic carbocycles. The molecule has 0 bridgehead atoms. The van der Waals surface area contributed by atoms with Gasteiger partial charge in [-0.25, -0.2) is 8.42 Å². The first-order valence-electron chi connectivity index (χ1n) is 16.3. The minimum Gasteiger partial charge on any atom is -0.497 e. The van der Waals surface area contributed by atoms with E-state index in [0.717, 1.165) is 41.6 Å². The molecule has 4 aromatic rings. The van der Waals surface area contributed by atoms with Gasteiger partial charge in [0.2, 0.25) is 11.8 Å². The third-order valence-electron chi connectivity index (χ3n) is 8.82. The Labute approximate surface area is 297 Å². The molecule has 11 nitrogen and oxygen atoms in total. The Morgan fingerprint density at radius 1 is 0.960 bits per heavy atom. The molecule has 1 atom stereocenters. The number of ether oxygens (including phenoxy) is 1. The maximum Gasteiger partial charge on any atom is 0.273 e. The highest BCUT2D eigenvalue weighted by molar-refractivity contribution is 7.92. The number of nitrogens with one attached hydrogen (secondary N) is 1. The average molecular weight is 719 g/mol. The number of aryl methyl sites for hydroxylation is 1. The largest absolute Gasteiger partial charge is 0.497 e. The summed E-state index contributed by atoms with van der Waals surface area (Å²) in [5.41, 5.74) is 1.49. The number of nitro groups is 1. The molecule has 0 unspecified atom stereocenters. The van der Waals surface area contributed by atoms with Crippen molar-refractivity contribution in [2.24, 2.45) is 0 Å². The quantitative estimate of drug-likeness (QED) is 0.117. The zero-order valence-corrected chi connectivity index (χ0v) is 29.4. The molecule has 0 aromatic heterocycles. The number of nitrogens with zero attached hydrogens (tertiary/aromatic N) is 3. The predicted octanol–water partition coefficient (Wildman–Crippen LogP) is 6.46. The van der Waals surface area contributed by atoms with Gasteiger partial charge in [0.15, 0.2) is 0 Å². The molecule has 5 rings (SSSR count). The summed E-state index contributed by atoms with van der Waals surface area (Å²) in [7, 11) is -3.09. The van der Waals surface area contributed by atoms with Crippen molar-refractivity contribution >= 4 is 44.8 Å². The lowest BCUT2D eigenvalue weighted by Crippen LogP contribution is -2.54. The summed E-state index contributed by atoms with van der Waals surface area (Å²) in [4.78, 5) is 41.0. The van der Waals surface area contributed by atoms with Gasteiger partial charge in [0, 0.05) is 35.7 Å². The third-order valence-corrected chi connectivity index (χ3v) is 10.8. The van der Waals surface area contributed by atoms with Gasteiger partial charge in [0.1, 0.15) is 18.3 Å². The van der Waals surface area contributed by atoms with Crippen LogP contribution in [0.3, 0.4) is 0 Å². The highest BCUT2D eigenvalue weighted by Gasteiger charge is 2.36. The fraction of sp³-hybridized carbons (Fsp3) is 0.297. The highest BCUT2D eigenvalue weighted by atomic mass is 35.5. The number of sulfonamides is 1. The Kier molecular flexibility index (Phi) is 11.8. The van der Waals surface area contributed by atoms with Gasteiger partial charge in [-0.1, -0.05) is 73.0 Å². The zero-order chi connectivity index (χ0) is 35.8. The smallest absolute Gasteiger partial charge is 0.273 e. The maximum atomic E-state index is 14.7. The minimum absolute atomic E-state index is 0.0302. The average Bonchev–Trinajstić information content (AvgIpc) is 3.62. The summed E-state index contributed by atoms with van der Waals surface area (Å²) >= 11 is 6.33. The standard InChI is InChI=1S/C37H39ClN4O7S/c1-26-15-20-33(23-34(26)42(45)46)50(47,48)41(31-16-18-32(49-2)19-17-31)25-36(43)40(24-28-11-8-12-29(38)21-28)35(22-27-9-4-3-5-10-27)37(44)39-30-13-6-7-14-30/h3-5,8-12,15-21,23,30,35H,6-7,13-14,22,24-25H2,1-2H3,(H,39,44)/t35-/m1/s1. The molecule has 0 saturated heterocycles. The van der Waals surface area contributed by atoms with E-state index in [-0.39, 0.29) is 46.7 Å². The van der Waals surface area contributed by atoms with E-state index in [2.05, 4.69) is 5.32 Å². The van der Waals surface area contributed by atoms with E-state index >= 15 is 0 Å². The Hall–Kier alpha value is -4.94. The van der Waals surface area contributed by atoms with E-state index in [9.17, 15) is 28.1 Å². The second kappa shape index (κ2) is 16.2. The molecule has 1 aliphatic rings. The summed E-state index contributed by atoms with van der Waals surface area (Å²) in [5.74, 6) is -0.546. The first kappa shape index (κ1) is 36.3. The lowest BCUT2D eigenvalue weighted by Gasteiger charge is -2.34. The van der Waals surface area contributed by atoms with E-state index in [1.165, 1.54) is 43.2 Å². The lowest BCUT2D eigenvalue weighted by molar-refractivity contribution is -0.385. The summed E-state index contributed by atoms with van der Waals surface area (Å²) in [6.45, 7) is 0.761. The lowest BCUT2D eigenvalue weighted by atomic mass is 10.0. The van der Waals surface area contributed by atoms with Gasteiger partial charge in [-0.3, -0.25) is 24.0 Å². The maximum absolute atomic E-state index is 14.7. The van der Waals surface area contributed by atoms with Gasteiger partial charge in [0.05, 0.1) is 22.6 Å². The number of amides is 2. The Bertz CT molecular complexity index is 1940. The second-order valence-electron chi connectivity index (χ2n) is 12.3. The fourth-order valence-electron chi connectivity index (χ4n) is 6.10. The molecule has 0 aliphatic heterocycles.